The molecule has 12 nitrogen and oxygen atoms in total. The molecule has 0 unspecified atom stereocenters. The smallest absolute Gasteiger partial charge is 0.302 e. The van der Waals surface area contributed by atoms with Crippen LogP contribution in [0.4, 0.5) is 0 Å². The van der Waals surface area contributed by atoms with E-state index in [2.05, 4.69) is 36.4 Å². The van der Waals surface area contributed by atoms with E-state index in [0.717, 1.165) is 19.3 Å². The van der Waals surface area contributed by atoms with Crippen LogP contribution in [0, 0.1) is 30.6 Å². The number of hydrogen-bond acceptors (Lipinski definition) is 11. The number of hydrogen-bond donors (Lipinski definition) is 4. The van der Waals surface area contributed by atoms with Crippen molar-refractivity contribution in [2.45, 2.75) is 157 Å². The maximum Gasteiger partial charge on any atom is 0.302 e. The van der Waals surface area contributed by atoms with E-state index in [0.29, 0.717) is 55.1 Å². The SMILES string of the molecule is CCOc1c(C)c(O)c2c3c1C(=O)CCC[C@@H](C)[C@@H](OC(C)=O)[C@H](C)[C@H](O)[C@H](C)C[C@@H](C)/C=C/C=C(/C)C(=O)NC(=C1N[C@@]4(CC[C@@H](CC)N(C)[C@@H](CC)C4)N=C13)C2=O. The Morgan fingerprint density at radius 3 is 2.32 bits per heavy atom. The minimum absolute atomic E-state index is 0.0254. The lowest BCUT2D eigenvalue weighted by atomic mass is 9.79. The molecular formula is C47H68N4O8. The van der Waals surface area contributed by atoms with Gasteiger partial charge in [0.15, 0.2) is 5.78 Å². The van der Waals surface area contributed by atoms with Crippen molar-refractivity contribution in [1.82, 2.24) is 15.5 Å². The van der Waals surface area contributed by atoms with Crippen molar-refractivity contribution < 1.29 is 38.9 Å². The number of phenolic OH excluding ortho intramolecular Hbond substituents is 1. The fourth-order valence-electron chi connectivity index (χ4n) is 9.88. The van der Waals surface area contributed by atoms with Gasteiger partial charge in [0.25, 0.3) is 5.91 Å². The van der Waals surface area contributed by atoms with Crippen molar-refractivity contribution in [1.29, 1.82) is 0 Å². The summed E-state index contributed by atoms with van der Waals surface area (Å²) in [5.41, 5.74) is 0.708. The first-order valence-electron chi connectivity index (χ1n) is 21.9. The Labute approximate surface area is 351 Å². The van der Waals surface area contributed by atoms with Crippen LogP contribution < -0.4 is 15.4 Å². The number of aliphatic imine (C=N–C) groups is 1. The van der Waals surface area contributed by atoms with Crippen LogP contribution in [0.15, 0.2) is 40.2 Å². The van der Waals surface area contributed by atoms with E-state index in [1.165, 1.54) is 6.92 Å². The van der Waals surface area contributed by atoms with Crippen molar-refractivity contribution in [3.05, 3.63) is 57.4 Å². The number of esters is 1. The molecule has 3 heterocycles. The van der Waals surface area contributed by atoms with Crippen LogP contribution in [0.2, 0.25) is 0 Å². The molecule has 3 aliphatic heterocycles. The summed E-state index contributed by atoms with van der Waals surface area (Å²) in [6.45, 7) is 18.9. The lowest BCUT2D eigenvalue weighted by molar-refractivity contribution is -0.156. The number of benzene rings is 1. The van der Waals surface area contributed by atoms with Crippen LogP contribution in [-0.2, 0) is 14.3 Å². The highest BCUT2D eigenvalue weighted by Gasteiger charge is 2.49. The number of nitrogens with zero attached hydrogens (tertiary/aromatic N) is 2. The van der Waals surface area contributed by atoms with Crippen molar-refractivity contribution in [2.75, 3.05) is 13.7 Å². The van der Waals surface area contributed by atoms with Crippen LogP contribution in [-0.4, -0.2) is 87.9 Å². The average Bonchev–Trinajstić information content (AvgIpc) is 3.50. The summed E-state index contributed by atoms with van der Waals surface area (Å²) >= 11 is 0. The first-order valence-corrected chi connectivity index (χ1v) is 21.9. The monoisotopic (exact) mass is 817 g/mol. The third-order valence-electron chi connectivity index (χ3n) is 13.3. The Balaban J connectivity index is 1.73. The van der Waals surface area contributed by atoms with E-state index in [1.54, 1.807) is 26.8 Å². The third kappa shape index (κ3) is 9.38. The highest BCUT2D eigenvalue weighted by Crippen LogP contribution is 2.47. The number of allylic oxidation sites excluding steroid dienone is 5. The molecule has 59 heavy (non-hydrogen) atoms. The number of phenols is 1. The molecule has 1 amide bonds. The first-order chi connectivity index (χ1) is 27.9. The summed E-state index contributed by atoms with van der Waals surface area (Å²) in [6.07, 6.45) is 9.73. The predicted octanol–water partition coefficient (Wildman–Crippen LogP) is 7.48. The summed E-state index contributed by atoms with van der Waals surface area (Å²) in [5.74, 6) is -2.62. The Kier molecular flexibility index (Phi) is 14.7. The topological polar surface area (TPSA) is 167 Å². The van der Waals surface area contributed by atoms with Gasteiger partial charge in [-0.3, -0.25) is 24.2 Å². The Morgan fingerprint density at radius 1 is 0.983 bits per heavy atom. The maximum absolute atomic E-state index is 14.9. The molecule has 4 aliphatic rings. The second-order valence-electron chi connectivity index (χ2n) is 17.7. The van der Waals surface area contributed by atoms with Crippen LogP contribution in [0.5, 0.6) is 11.5 Å². The predicted molar refractivity (Wildman–Crippen MR) is 230 cm³/mol. The average molecular weight is 817 g/mol. The maximum atomic E-state index is 14.9. The number of ketones is 2. The van der Waals surface area contributed by atoms with E-state index in [4.69, 9.17) is 14.5 Å². The molecule has 4 bridgehead atoms. The van der Waals surface area contributed by atoms with Crippen LogP contribution in [0.3, 0.4) is 0 Å². The number of aliphatic hydroxyl groups excluding tert-OH is 1. The summed E-state index contributed by atoms with van der Waals surface area (Å²) < 4.78 is 12.0. The number of carbonyl (C=O) groups is 4. The molecular weight excluding hydrogens is 749 g/mol. The van der Waals surface area contributed by atoms with Gasteiger partial charge in [0.2, 0.25) is 5.78 Å². The van der Waals surface area contributed by atoms with E-state index in [-0.39, 0.29) is 88.0 Å². The number of fused-ring (bicyclic) bond motifs is 2. The minimum Gasteiger partial charge on any atom is -0.507 e. The zero-order valence-corrected chi connectivity index (χ0v) is 37.2. The van der Waals surface area contributed by atoms with Crippen LogP contribution in [0.1, 0.15) is 152 Å². The van der Waals surface area contributed by atoms with Crippen molar-refractivity contribution in [3.63, 3.8) is 0 Å². The second-order valence-corrected chi connectivity index (χ2v) is 17.7. The molecule has 1 fully saturated rings. The summed E-state index contributed by atoms with van der Waals surface area (Å²) in [7, 11) is 2.15. The Morgan fingerprint density at radius 2 is 1.68 bits per heavy atom. The van der Waals surface area contributed by atoms with E-state index < -0.39 is 35.5 Å². The van der Waals surface area contributed by atoms with Crippen molar-refractivity contribution in [2.24, 2.45) is 28.7 Å². The fraction of sp³-hybridized carbons (Fsp3) is 0.638. The fourth-order valence-corrected chi connectivity index (χ4v) is 9.88. The number of nitrogens with one attached hydrogen (secondary N) is 2. The van der Waals surface area contributed by atoms with E-state index >= 15 is 0 Å². The molecule has 0 radical (unpaired) electrons. The first kappa shape index (κ1) is 45.8. The van der Waals surface area contributed by atoms with Gasteiger partial charge in [-0.25, -0.2) is 0 Å². The zero-order valence-electron chi connectivity index (χ0n) is 37.2. The van der Waals surface area contributed by atoms with Gasteiger partial charge in [-0.2, -0.15) is 0 Å². The van der Waals surface area contributed by atoms with Crippen molar-refractivity contribution in [3.8, 4) is 11.5 Å². The van der Waals surface area contributed by atoms with Gasteiger partial charge in [0.1, 0.15) is 29.0 Å². The van der Waals surface area contributed by atoms with Gasteiger partial charge in [0, 0.05) is 54.5 Å². The van der Waals surface area contributed by atoms with Gasteiger partial charge in [0.05, 0.1) is 35.2 Å². The lowest BCUT2D eigenvalue weighted by Gasteiger charge is -2.35. The summed E-state index contributed by atoms with van der Waals surface area (Å²) in [4.78, 5) is 63.9. The molecule has 12 heteroatoms. The minimum atomic E-state index is -0.844. The third-order valence-corrected chi connectivity index (χ3v) is 13.3. The number of carbonyl (C=O) groups excluding carboxylic acids is 4. The molecule has 1 spiro atoms. The molecule has 324 valence electrons. The number of rotatable bonds is 5. The molecule has 0 saturated carbocycles. The quantitative estimate of drug-likeness (QED) is 0.219. The zero-order chi connectivity index (χ0) is 43.5. The normalized spacial score (nSPS) is 32.8. The van der Waals surface area contributed by atoms with Crippen LogP contribution in [0.25, 0.3) is 0 Å². The number of amides is 1. The Hall–Kier alpha value is -4.29. The highest BCUT2D eigenvalue weighted by molar-refractivity contribution is 6.33. The van der Waals surface area contributed by atoms with Gasteiger partial charge >= 0.3 is 5.97 Å². The van der Waals surface area contributed by atoms with Crippen LogP contribution >= 0.6 is 0 Å². The number of ether oxygens (including phenoxy) is 2. The van der Waals surface area contributed by atoms with Gasteiger partial charge in [-0.15, -0.1) is 0 Å². The summed E-state index contributed by atoms with van der Waals surface area (Å²) in [5, 5.41) is 30.0. The molecule has 0 aromatic heterocycles. The number of likely N-dealkylation sites (tertiary alicyclic amines) is 1. The number of aliphatic hydroxyl groups is 1. The highest BCUT2D eigenvalue weighted by atomic mass is 16.5. The second kappa shape index (κ2) is 19.0. The van der Waals surface area contributed by atoms with Gasteiger partial charge < -0.3 is 35.2 Å². The van der Waals surface area contributed by atoms with Gasteiger partial charge in [-0.05, 0) is 90.5 Å². The lowest BCUT2D eigenvalue weighted by Crippen LogP contribution is -2.45. The summed E-state index contributed by atoms with van der Waals surface area (Å²) in [6, 6.07) is 0.490. The van der Waals surface area contributed by atoms with E-state index in [1.807, 2.05) is 39.8 Å². The molecule has 9 atom stereocenters. The molecule has 1 aliphatic carbocycles. The van der Waals surface area contributed by atoms with Gasteiger partial charge in [-0.1, -0.05) is 59.8 Å². The number of aromatic hydroxyl groups is 1. The Bertz CT molecular complexity index is 1930. The standard InChI is InChI=1S/C47H68N4O8/c1-12-32-21-22-47(24-33(13-2)51(32)11)49-38-36-35-34(53)20-16-18-26(5)44(59-31(10)52)29(8)41(54)28(7)23-25(4)17-15-19-27(6)46(57)48-40(39(38)50-47)43(56)37(36)42(55)30(9)45(35)58-14-3/h15,17,19,25-26,28-29,32-33,41,44,50,54-55H,12-14,16,18,20-24H2,1-11H3,(H,48,57)/b17-15+,27-19-/t25-,26+,28+,29+,32+,33-,41+,44+,47+/m0/s1. The molecule has 1 saturated heterocycles. The molecule has 1 aromatic carbocycles. The van der Waals surface area contributed by atoms with E-state index in [9.17, 15) is 29.4 Å². The molecule has 5 rings (SSSR count). The largest absolute Gasteiger partial charge is 0.507 e. The number of Topliss-reactive ketones (excluding diaryl/α,β-unsaturated/α-hetero) is 2. The molecule has 4 N–H and O–H groups in total. The van der Waals surface area contributed by atoms with Crippen molar-refractivity contribution >= 4 is 29.2 Å². The molecule has 1 aromatic rings.